The molecule has 36 valence electrons. The van der Waals surface area contributed by atoms with Gasteiger partial charge in [0.15, 0.2) is 0 Å². The van der Waals surface area contributed by atoms with Crippen molar-refractivity contribution in [2.45, 2.75) is 6.92 Å². The van der Waals surface area contributed by atoms with Crippen LogP contribution in [0.3, 0.4) is 0 Å². The first-order chi connectivity index (χ1) is 3.29. The van der Waals surface area contributed by atoms with Crippen molar-refractivity contribution in [3.8, 4) is 0 Å². The van der Waals surface area contributed by atoms with Gasteiger partial charge in [-0.25, -0.2) is 0 Å². The Morgan fingerprint density at radius 1 is 1.86 bits per heavy atom. The predicted octanol–water partition coefficient (Wildman–Crippen LogP) is -0.178. The molecule has 7 heavy (non-hydrogen) atoms. The molecule has 1 heterocycles. The van der Waals surface area contributed by atoms with E-state index < -0.39 is 0 Å². The molecule has 0 fully saturated rings. The van der Waals surface area contributed by atoms with Gasteiger partial charge in [-0.05, 0) is 0 Å². The van der Waals surface area contributed by atoms with E-state index in [-0.39, 0.29) is 0 Å². The molecule has 0 saturated heterocycles. The van der Waals surface area contributed by atoms with E-state index in [0.717, 1.165) is 5.40 Å². The quantitative estimate of drug-likeness (QED) is 0.436. The molecular formula is C3H5BNOP. The maximum atomic E-state index is 4.94. The summed E-state index contributed by atoms with van der Waals surface area (Å²) in [5, 5.41) is 0.789. The normalized spacial score (nSPS) is 8.86. The number of aromatic nitrogens is 1. The Kier molecular flexibility index (Phi) is 1.24. The van der Waals surface area contributed by atoms with Crippen molar-refractivity contribution in [3.63, 3.8) is 0 Å². The van der Waals surface area contributed by atoms with Gasteiger partial charge in [-0.1, -0.05) is 0 Å². The summed E-state index contributed by atoms with van der Waals surface area (Å²) in [6.07, 6.45) is 0. The molecule has 0 aliphatic heterocycles. The van der Waals surface area contributed by atoms with Crippen LogP contribution in [0.1, 0.15) is 5.89 Å². The molecule has 0 bridgehead atoms. The van der Waals surface area contributed by atoms with Gasteiger partial charge in [0, 0.05) is 0 Å². The Balaban J connectivity index is 3.04. The molecule has 0 radical (unpaired) electrons. The van der Waals surface area contributed by atoms with Crippen LogP contribution in [-0.2, 0) is 0 Å². The van der Waals surface area contributed by atoms with Crippen molar-refractivity contribution < 1.29 is 4.42 Å². The maximum absolute atomic E-state index is 4.94. The van der Waals surface area contributed by atoms with Crippen LogP contribution in [0.2, 0.25) is 0 Å². The second kappa shape index (κ2) is 1.75. The molecular weight excluding hydrogens is 108 g/mol. The van der Waals surface area contributed by atoms with Gasteiger partial charge in [0.25, 0.3) is 0 Å². The van der Waals surface area contributed by atoms with Gasteiger partial charge >= 0.3 is 43.8 Å². The Morgan fingerprint density at radius 2 is 2.57 bits per heavy atom. The molecule has 2 nitrogen and oxygen atoms in total. The average Bonchev–Trinajstić information content (AvgIpc) is 1.87. The first-order valence-electron chi connectivity index (χ1n) is 1.97. The van der Waals surface area contributed by atoms with E-state index in [0.29, 0.717) is 5.89 Å². The Bertz CT molecular complexity index is 147. The van der Waals surface area contributed by atoms with Crippen LogP contribution in [0, 0.1) is 6.92 Å². The van der Waals surface area contributed by atoms with E-state index in [4.69, 9.17) is 4.42 Å². The van der Waals surface area contributed by atoms with Crippen molar-refractivity contribution in [1.82, 2.24) is 4.89 Å². The summed E-state index contributed by atoms with van der Waals surface area (Å²) < 4.78 is 4.94. The standard InChI is InChI=1S/C3H5BNOP/c1-2-5-4-3(7)6-2/h7H2,1H3. The molecule has 0 aliphatic rings. The van der Waals surface area contributed by atoms with Crippen molar-refractivity contribution in [3.05, 3.63) is 5.89 Å². The third-order valence-electron chi connectivity index (χ3n) is 0.639. The van der Waals surface area contributed by atoms with Crippen LogP contribution in [0.15, 0.2) is 4.42 Å². The molecule has 1 aromatic rings. The third kappa shape index (κ3) is 1.10. The van der Waals surface area contributed by atoms with E-state index in [2.05, 4.69) is 14.1 Å². The number of rotatable bonds is 0. The van der Waals surface area contributed by atoms with Gasteiger partial charge in [0.2, 0.25) is 0 Å². The van der Waals surface area contributed by atoms with Crippen LogP contribution in [0.5, 0.6) is 0 Å². The van der Waals surface area contributed by atoms with E-state index in [9.17, 15) is 0 Å². The van der Waals surface area contributed by atoms with Gasteiger partial charge in [0.1, 0.15) is 0 Å². The van der Waals surface area contributed by atoms with Crippen molar-refractivity contribution in [1.29, 1.82) is 0 Å². The summed E-state index contributed by atoms with van der Waals surface area (Å²) in [6.45, 7) is 1.81. The molecule has 0 amide bonds. The van der Waals surface area contributed by atoms with E-state index in [1.807, 2.05) is 6.92 Å². The van der Waals surface area contributed by atoms with Crippen molar-refractivity contribution in [2.75, 3.05) is 0 Å². The molecule has 1 rings (SSSR count). The summed E-state index contributed by atoms with van der Waals surface area (Å²) in [7, 11) is 4.09. The monoisotopic (exact) mass is 113 g/mol. The number of hydrogen-bond donors (Lipinski definition) is 0. The second-order valence-corrected chi connectivity index (χ2v) is 1.85. The van der Waals surface area contributed by atoms with E-state index >= 15 is 0 Å². The fraction of sp³-hybridized carbons (Fsp3) is 0.333. The minimum atomic E-state index is 0.713. The van der Waals surface area contributed by atoms with Crippen molar-refractivity contribution in [2.24, 2.45) is 0 Å². The molecule has 0 N–H and O–H groups in total. The first kappa shape index (κ1) is 4.98. The number of aryl methyl sites for hydroxylation is 1. The molecule has 1 atom stereocenters. The SMILES string of the molecule is Cc1nbc(P)o1. The van der Waals surface area contributed by atoms with Gasteiger partial charge < -0.3 is 0 Å². The zero-order valence-corrected chi connectivity index (χ0v) is 5.16. The molecule has 0 saturated carbocycles. The van der Waals surface area contributed by atoms with Gasteiger partial charge in [0.05, 0.1) is 0 Å². The zero-order chi connectivity index (χ0) is 5.28. The topological polar surface area (TPSA) is 26.0 Å². The van der Waals surface area contributed by atoms with Gasteiger partial charge in [-0.15, -0.1) is 0 Å². The van der Waals surface area contributed by atoms with Crippen molar-refractivity contribution >= 4 is 21.7 Å². The first-order valence-corrected chi connectivity index (χ1v) is 2.54. The average molecular weight is 113 g/mol. The summed E-state index contributed by atoms with van der Waals surface area (Å²) >= 11 is 0. The fourth-order valence-corrected chi connectivity index (χ4v) is 0.623. The summed E-state index contributed by atoms with van der Waals surface area (Å²) in [4.78, 5) is 3.83. The third-order valence-corrected chi connectivity index (χ3v) is 0.906. The molecule has 0 spiro atoms. The molecule has 4 heteroatoms. The molecule has 0 aromatic carbocycles. The van der Waals surface area contributed by atoms with Gasteiger partial charge in [-0.2, -0.15) is 0 Å². The molecule has 1 unspecified atom stereocenters. The molecule has 1 aromatic heterocycles. The van der Waals surface area contributed by atoms with Crippen LogP contribution >= 0.6 is 9.24 Å². The predicted molar refractivity (Wildman–Crippen MR) is 31.9 cm³/mol. The van der Waals surface area contributed by atoms with Crippen LogP contribution in [-0.4, -0.2) is 11.9 Å². The van der Waals surface area contributed by atoms with E-state index in [1.54, 1.807) is 7.05 Å². The Labute approximate surface area is 44.8 Å². The zero-order valence-electron chi connectivity index (χ0n) is 4.01. The summed E-state index contributed by atoms with van der Waals surface area (Å²) in [6, 6.07) is 0. The Morgan fingerprint density at radius 3 is 2.71 bits per heavy atom. The molecule has 0 aliphatic carbocycles. The summed E-state index contributed by atoms with van der Waals surface area (Å²) in [5.41, 5.74) is 0. The van der Waals surface area contributed by atoms with Crippen LogP contribution < -0.4 is 5.40 Å². The number of nitrogens with zero attached hydrogens (tertiary/aromatic N) is 1. The van der Waals surface area contributed by atoms with Crippen LogP contribution in [0.4, 0.5) is 0 Å². The van der Waals surface area contributed by atoms with Gasteiger partial charge in [-0.3, -0.25) is 0 Å². The summed E-state index contributed by atoms with van der Waals surface area (Å²) in [5.74, 6) is 0.713. The van der Waals surface area contributed by atoms with Crippen LogP contribution in [0.25, 0.3) is 0 Å². The fourth-order valence-electron chi connectivity index (χ4n) is 0.378. The Hall–Kier alpha value is -0.165. The van der Waals surface area contributed by atoms with E-state index in [1.165, 1.54) is 0 Å². The second-order valence-electron chi connectivity index (χ2n) is 1.28. The number of hydrogen-bond acceptors (Lipinski definition) is 2. The minimum absolute atomic E-state index is 0.713.